The zero-order valence-corrected chi connectivity index (χ0v) is 19.9. The van der Waals surface area contributed by atoms with E-state index in [1.165, 1.54) is 0 Å². The van der Waals surface area contributed by atoms with Crippen molar-refractivity contribution in [2.75, 3.05) is 17.2 Å². The third kappa shape index (κ3) is 5.58. The van der Waals surface area contributed by atoms with E-state index in [0.717, 1.165) is 34.4 Å². The first-order valence-corrected chi connectivity index (χ1v) is 10.9. The molecule has 3 heterocycles. The molecule has 0 fully saturated rings. The van der Waals surface area contributed by atoms with Crippen LogP contribution in [0.5, 0.6) is 0 Å². The van der Waals surface area contributed by atoms with Crippen LogP contribution in [0.15, 0.2) is 55.0 Å². The number of hydrogen-bond acceptors (Lipinski definition) is 7. The Bertz CT molecular complexity index is 1160. The van der Waals surface area contributed by atoms with Crippen molar-refractivity contribution in [2.45, 2.75) is 45.8 Å². The van der Waals surface area contributed by atoms with E-state index in [0.29, 0.717) is 18.3 Å². The maximum absolute atomic E-state index is 9.57. The summed E-state index contributed by atoms with van der Waals surface area (Å²) >= 11 is 0. The summed E-state index contributed by atoms with van der Waals surface area (Å²) in [5, 5.41) is 16.2. The first-order valence-electron chi connectivity index (χ1n) is 10.9. The number of halogens is 1. The monoisotopic (exact) mass is 467 g/mol. The highest BCUT2D eigenvalue weighted by atomic mass is 35.5. The normalized spacial score (nSPS) is 11.9. The quantitative estimate of drug-likeness (QED) is 0.328. The molecule has 0 unspecified atom stereocenters. The fourth-order valence-electron chi connectivity index (χ4n) is 3.45. The van der Waals surface area contributed by atoms with Crippen molar-refractivity contribution in [3.05, 3.63) is 60.6 Å². The summed E-state index contributed by atoms with van der Waals surface area (Å²) in [6.45, 7) is 6.81. The van der Waals surface area contributed by atoms with Crippen molar-refractivity contribution >= 4 is 35.3 Å². The Balaban J connectivity index is 0.00000306. The Hall–Kier alpha value is -3.23. The lowest BCUT2D eigenvalue weighted by Crippen LogP contribution is -2.24. The summed E-state index contributed by atoms with van der Waals surface area (Å²) < 4.78 is 2.02. The Morgan fingerprint density at radius 2 is 1.82 bits per heavy atom. The predicted octanol–water partition coefficient (Wildman–Crippen LogP) is 4.69. The molecule has 8 nitrogen and oxygen atoms in total. The molecule has 0 bridgehead atoms. The summed E-state index contributed by atoms with van der Waals surface area (Å²) in [6, 6.07) is 14.3. The molecule has 0 aliphatic heterocycles. The number of imidazole rings is 1. The van der Waals surface area contributed by atoms with E-state index in [9.17, 15) is 5.11 Å². The minimum Gasteiger partial charge on any atom is -0.394 e. The van der Waals surface area contributed by atoms with Gasteiger partial charge < -0.3 is 20.3 Å². The molecule has 9 heteroatoms. The molecule has 4 rings (SSSR count). The average Bonchev–Trinajstić information content (AvgIpc) is 3.26. The fourth-order valence-corrected chi connectivity index (χ4v) is 3.45. The van der Waals surface area contributed by atoms with Gasteiger partial charge in [-0.3, -0.25) is 4.98 Å². The van der Waals surface area contributed by atoms with E-state index >= 15 is 0 Å². The minimum absolute atomic E-state index is 0. The van der Waals surface area contributed by atoms with Gasteiger partial charge in [0, 0.05) is 24.3 Å². The second-order valence-corrected chi connectivity index (χ2v) is 8.01. The van der Waals surface area contributed by atoms with Gasteiger partial charge in [-0.15, -0.1) is 12.4 Å². The first-order chi connectivity index (χ1) is 15.6. The van der Waals surface area contributed by atoms with Crippen LogP contribution in [0.4, 0.5) is 11.8 Å². The number of hydrogen-bond donors (Lipinski definition) is 3. The highest BCUT2D eigenvalue weighted by Crippen LogP contribution is 2.25. The molecule has 3 N–H and O–H groups in total. The van der Waals surface area contributed by atoms with Crippen LogP contribution in [-0.2, 0) is 6.54 Å². The lowest BCUT2D eigenvalue weighted by atomic mass is 10.1. The molecular formula is C24H30ClN7O. The molecule has 0 amide bonds. The number of aliphatic hydroxyl groups is 1. The molecular weight excluding hydrogens is 438 g/mol. The Morgan fingerprint density at radius 1 is 1.03 bits per heavy atom. The third-order valence-electron chi connectivity index (χ3n) is 5.40. The van der Waals surface area contributed by atoms with Crippen LogP contribution in [-0.4, -0.2) is 42.3 Å². The number of fused-ring (bicyclic) bond motifs is 1. The van der Waals surface area contributed by atoms with Gasteiger partial charge in [-0.05, 0) is 38.0 Å². The summed E-state index contributed by atoms with van der Waals surface area (Å²) in [7, 11) is 0. The zero-order chi connectivity index (χ0) is 22.5. The predicted molar refractivity (Wildman–Crippen MR) is 135 cm³/mol. The van der Waals surface area contributed by atoms with Gasteiger partial charge in [-0.1, -0.05) is 37.3 Å². The van der Waals surface area contributed by atoms with Crippen molar-refractivity contribution in [3.8, 4) is 11.3 Å². The maximum Gasteiger partial charge on any atom is 0.227 e. The van der Waals surface area contributed by atoms with Crippen LogP contribution in [0.1, 0.15) is 38.8 Å². The van der Waals surface area contributed by atoms with Gasteiger partial charge >= 0.3 is 0 Å². The maximum atomic E-state index is 9.57. The Labute approximate surface area is 199 Å². The van der Waals surface area contributed by atoms with Crippen LogP contribution in [0.25, 0.3) is 22.4 Å². The van der Waals surface area contributed by atoms with E-state index in [2.05, 4.69) is 68.7 Å². The van der Waals surface area contributed by atoms with Crippen LogP contribution < -0.4 is 10.6 Å². The van der Waals surface area contributed by atoms with Gasteiger partial charge in [0.05, 0.1) is 24.7 Å². The summed E-state index contributed by atoms with van der Waals surface area (Å²) in [5.74, 6) is 1.15. The largest absolute Gasteiger partial charge is 0.394 e. The van der Waals surface area contributed by atoms with Gasteiger partial charge in [0.25, 0.3) is 0 Å². The van der Waals surface area contributed by atoms with Crippen molar-refractivity contribution in [1.29, 1.82) is 0 Å². The molecule has 0 spiro atoms. The zero-order valence-electron chi connectivity index (χ0n) is 19.1. The molecule has 174 valence electrons. The third-order valence-corrected chi connectivity index (χ3v) is 5.40. The fraction of sp³-hybridized carbons (Fsp3) is 0.333. The number of nitrogens with zero attached hydrogens (tertiary/aromatic N) is 5. The lowest BCUT2D eigenvalue weighted by molar-refractivity contribution is 0.271. The summed E-state index contributed by atoms with van der Waals surface area (Å²) in [4.78, 5) is 18.3. The minimum atomic E-state index is -0.102. The second-order valence-electron chi connectivity index (χ2n) is 8.01. The van der Waals surface area contributed by atoms with E-state index < -0.39 is 0 Å². The smallest absolute Gasteiger partial charge is 0.227 e. The molecule has 3 aromatic heterocycles. The lowest BCUT2D eigenvalue weighted by Gasteiger charge is -2.16. The highest BCUT2D eigenvalue weighted by Gasteiger charge is 2.16. The Kier molecular flexibility index (Phi) is 8.19. The van der Waals surface area contributed by atoms with Crippen molar-refractivity contribution in [2.24, 2.45) is 0 Å². The first kappa shape index (κ1) is 24.4. The molecule has 33 heavy (non-hydrogen) atoms. The summed E-state index contributed by atoms with van der Waals surface area (Å²) in [6.07, 6.45) is 4.36. The van der Waals surface area contributed by atoms with E-state index in [1.54, 1.807) is 12.5 Å². The number of anilines is 2. The van der Waals surface area contributed by atoms with Crippen LogP contribution in [0.2, 0.25) is 0 Å². The van der Waals surface area contributed by atoms with E-state index in [4.69, 9.17) is 0 Å². The molecule has 0 aliphatic rings. The van der Waals surface area contributed by atoms with Crippen molar-refractivity contribution < 1.29 is 5.11 Å². The number of aliphatic hydroxyl groups excluding tert-OH is 1. The molecule has 1 aromatic carbocycles. The number of aromatic nitrogens is 5. The summed E-state index contributed by atoms with van der Waals surface area (Å²) in [5.41, 5.74) is 4.64. The highest BCUT2D eigenvalue weighted by molar-refractivity contribution is 5.85. The topological polar surface area (TPSA) is 101 Å². The molecule has 0 radical (unpaired) electrons. The van der Waals surface area contributed by atoms with E-state index in [1.807, 2.05) is 29.7 Å². The second kappa shape index (κ2) is 11.1. The molecule has 4 aromatic rings. The van der Waals surface area contributed by atoms with Crippen LogP contribution >= 0.6 is 12.4 Å². The number of benzene rings is 1. The van der Waals surface area contributed by atoms with Gasteiger partial charge in [0.1, 0.15) is 0 Å². The average molecular weight is 468 g/mol. The standard InChI is InChI=1S/C24H29N7O.ClH/c1-4-19(14-32)28-24-29-22(21-23(30-24)31(15-27-21)16(2)3)26-13-17-8-10-18(11-9-17)20-7-5-6-12-25-20;/h5-12,15-16,19,32H,4,13-14H2,1-3H3,(H2,26,28,29,30);1H/t19-;/m1./s1. The van der Waals surface area contributed by atoms with Gasteiger partial charge in [-0.25, -0.2) is 4.98 Å². The molecule has 0 saturated heterocycles. The number of nitrogens with one attached hydrogen (secondary N) is 2. The Morgan fingerprint density at radius 3 is 2.45 bits per heavy atom. The number of rotatable bonds is 9. The van der Waals surface area contributed by atoms with Gasteiger partial charge in [0.2, 0.25) is 5.95 Å². The molecule has 0 aliphatic carbocycles. The van der Waals surface area contributed by atoms with Gasteiger partial charge in [0.15, 0.2) is 17.0 Å². The molecule has 1 atom stereocenters. The van der Waals surface area contributed by atoms with Crippen molar-refractivity contribution in [1.82, 2.24) is 24.5 Å². The SMILES string of the molecule is CC[C@H](CO)Nc1nc(NCc2ccc(-c3ccccn3)cc2)c2ncn(C(C)C)c2n1.Cl. The van der Waals surface area contributed by atoms with E-state index in [-0.39, 0.29) is 31.1 Å². The van der Waals surface area contributed by atoms with Gasteiger partial charge in [-0.2, -0.15) is 9.97 Å². The number of pyridine rings is 1. The molecule has 0 saturated carbocycles. The van der Waals surface area contributed by atoms with Crippen molar-refractivity contribution in [3.63, 3.8) is 0 Å². The van der Waals surface area contributed by atoms with Crippen LogP contribution in [0.3, 0.4) is 0 Å². The van der Waals surface area contributed by atoms with Crippen LogP contribution in [0, 0.1) is 0 Å².